The van der Waals surface area contributed by atoms with Crippen LogP contribution in [0, 0.1) is 0 Å². The molecule has 1 fully saturated rings. The van der Waals surface area contributed by atoms with Crippen molar-refractivity contribution in [1.29, 1.82) is 0 Å². The number of hydrogen-bond donors (Lipinski definition) is 0. The van der Waals surface area contributed by atoms with Crippen molar-refractivity contribution >= 4 is 17.4 Å². The zero-order valence-corrected chi connectivity index (χ0v) is 7.02. The number of aliphatic imine (C=N–C) groups is 1. The number of hydrogen-bond acceptors (Lipinski definition) is 3. The summed E-state index contributed by atoms with van der Waals surface area (Å²) in [6.45, 7) is 1.82. The Hall–Kier alpha value is -0.240. The summed E-state index contributed by atoms with van der Waals surface area (Å²) in [6, 6.07) is 0.834. The van der Waals surface area contributed by atoms with Crippen LogP contribution in [0.25, 0.3) is 0 Å². The van der Waals surface area contributed by atoms with E-state index in [0.717, 1.165) is 19.1 Å². The monoisotopic (exact) mass is 156 g/mol. The second-order valence-corrected chi connectivity index (χ2v) is 2.87. The summed E-state index contributed by atoms with van der Waals surface area (Å²) in [6.07, 6.45) is 2.72. The van der Waals surface area contributed by atoms with E-state index >= 15 is 0 Å². The van der Waals surface area contributed by atoms with Crippen LogP contribution in [0.15, 0.2) is 4.99 Å². The van der Waals surface area contributed by atoms with Gasteiger partial charge in [-0.25, -0.2) is 4.99 Å². The second-order valence-electron chi connectivity index (χ2n) is 2.68. The average molecular weight is 156 g/mol. The van der Waals surface area contributed by atoms with Crippen LogP contribution in [0.4, 0.5) is 0 Å². The maximum absolute atomic E-state index is 4.45. The normalized spacial score (nSPS) is 17.0. The molecule has 0 aromatic carbocycles. The molecule has 0 aromatic rings. The van der Waals surface area contributed by atoms with Gasteiger partial charge in [-0.15, -0.1) is 0 Å². The van der Waals surface area contributed by atoms with Gasteiger partial charge in [0.2, 0.25) is 0 Å². The van der Waals surface area contributed by atoms with E-state index in [0.29, 0.717) is 0 Å². The van der Waals surface area contributed by atoms with Crippen LogP contribution < -0.4 is 0 Å². The molecule has 0 aliphatic heterocycles. The maximum atomic E-state index is 4.45. The molecule has 0 saturated heterocycles. The summed E-state index contributed by atoms with van der Waals surface area (Å²) in [4.78, 5) is 6.17. The lowest BCUT2D eigenvalue weighted by molar-refractivity contribution is 0.334. The third-order valence-corrected chi connectivity index (χ3v) is 1.93. The van der Waals surface area contributed by atoms with Gasteiger partial charge in [-0.2, -0.15) is 0 Å². The fourth-order valence-electron chi connectivity index (χ4n) is 0.951. The van der Waals surface area contributed by atoms with Gasteiger partial charge in [0.1, 0.15) is 0 Å². The van der Waals surface area contributed by atoms with Crippen molar-refractivity contribution in [2.75, 3.05) is 20.1 Å². The van der Waals surface area contributed by atoms with Crippen molar-refractivity contribution in [3.63, 3.8) is 0 Å². The highest BCUT2D eigenvalue weighted by Crippen LogP contribution is 2.24. The predicted octanol–water partition coefficient (Wildman–Crippen LogP) is 1.18. The predicted molar refractivity (Wildman–Crippen MR) is 45.5 cm³/mol. The largest absolute Gasteiger partial charge is 0.302 e. The smallest absolute Gasteiger partial charge is 0.0620 e. The third kappa shape index (κ3) is 2.56. The third-order valence-electron chi connectivity index (χ3n) is 1.80. The minimum absolute atomic E-state index is 0.802. The molecule has 0 radical (unpaired) electrons. The first-order valence-corrected chi connectivity index (χ1v) is 3.99. The molecule has 1 aliphatic carbocycles. The Morgan fingerprint density at radius 3 is 2.90 bits per heavy atom. The minimum Gasteiger partial charge on any atom is -0.302 e. The van der Waals surface area contributed by atoms with Crippen molar-refractivity contribution in [3.8, 4) is 0 Å². The van der Waals surface area contributed by atoms with Crippen LogP contribution >= 0.6 is 12.2 Å². The Kier molecular flexibility index (Phi) is 3.00. The van der Waals surface area contributed by atoms with E-state index in [4.69, 9.17) is 0 Å². The van der Waals surface area contributed by atoms with Crippen molar-refractivity contribution in [2.45, 2.75) is 18.9 Å². The van der Waals surface area contributed by atoms with Crippen molar-refractivity contribution in [1.82, 2.24) is 4.90 Å². The van der Waals surface area contributed by atoms with E-state index in [2.05, 4.69) is 34.3 Å². The van der Waals surface area contributed by atoms with Crippen LogP contribution in [-0.4, -0.2) is 36.2 Å². The molecule has 0 amide bonds. The molecule has 0 unspecified atom stereocenters. The van der Waals surface area contributed by atoms with Gasteiger partial charge < -0.3 is 4.90 Å². The van der Waals surface area contributed by atoms with Gasteiger partial charge in [0.15, 0.2) is 0 Å². The van der Waals surface area contributed by atoms with Gasteiger partial charge in [-0.3, -0.25) is 0 Å². The fourth-order valence-corrected chi connectivity index (χ4v) is 1.04. The summed E-state index contributed by atoms with van der Waals surface area (Å²) in [7, 11) is 2.14. The van der Waals surface area contributed by atoms with Crippen LogP contribution in [0.2, 0.25) is 0 Å². The summed E-state index contributed by atoms with van der Waals surface area (Å²) in [5.41, 5.74) is 0. The topological polar surface area (TPSA) is 15.6 Å². The molecule has 56 valence electrons. The Balaban J connectivity index is 2.05. The Morgan fingerprint density at radius 1 is 1.70 bits per heavy atom. The molecule has 1 aliphatic rings. The van der Waals surface area contributed by atoms with E-state index in [1.54, 1.807) is 0 Å². The number of likely N-dealkylation sites (N-methyl/N-ethyl adjacent to an activating group) is 1. The van der Waals surface area contributed by atoms with Crippen LogP contribution in [-0.2, 0) is 0 Å². The zero-order chi connectivity index (χ0) is 7.40. The van der Waals surface area contributed by atoms with Crippen molar-refractivity contribution in [3.05, 3.63) is 0 Å². The van der Waals surface area contributed by atoms with Gasteiger partial charge in [0, 0.05) is 12.6 Å². The number of rotatable bonds is 4. The van der Waals surface area contributed by atoms with Crippen LogP contribution in [0.3, 0.4) is 0 Å². The average Bonchev–Trinajstić information content (AvgIpc) is 2.69. The summed E-state index contributed by atoms with van der Waals surface area (Å²) >= 11 is 4.45. The first kappa shape index (κ1) is 7.86. The quantitative estimate of drug-likeness (QED) is 0.449. The lowest BCUT2D eigenvalue weighted by Gasteiger charge is -2.12. The highest BCUT2D eigenvalue weighted by Gasteiger charge is 2.25. The van der Waals surface area contributed by atoms with Gasteiger partial charge in [-0.05, 0) is 32.1 Å². The molecule has 0 heterocycles. The molecule has 0 atom stereocenters. The highest BCUT2D eigenvalue weighted by molar-refractivity contribution is 7.78. The second kappa shape index (κ2) is 3.81. The van der Waals surface area contributed by atoms with Crippen LogP contribution in [0.5, 0.6) is 0 Å². The van der Waals surface area contributed by atoms with E-state index in [1.165, 1.54) is 12.8 Å². The van der Waals surface area contributed by atoms with Gasteiger partial charge >= 0.3 is 0 Å². The first-order valence-electron chi connectivity index (χ1n) is 3.58. The molecule has 0 bridgehead atoms. The van der Waals surface area contributed by atoms with Gasteiger partial charge in [0.05, 0.1) is 11.7 Å². The van der Waals surface area contributed by atoms with Crippen molar-refractivity contribution in [2.24, 2.45) is 4.99 Å². The zero-order valence-electron chi connectivity index (χ0n) is 6.21. The lowest BCUT2D eigenvalue weighted by Crippen LogP contribution is -2.23. The Labute approximate surface area is 66.9 Å². The lowest BCUT2D eigenvalue weighted by atomic mass is 10.5. The van der Waals surface area contributed by atoms with E-state index in [-0.39, 0.29) is 0 Å². The molecular formula is C7H12N2S. The fraction of sp³-hybridized carbons (Fsp3) is 0.857. The SMILES string of the molecule is CN(CCN=C=S)C1CC1. The van der Waals surface area contributed by atoms with E-state index in [9.17, 15) is 0 Å². The molecule has 10 heavy (non-hydrogen) atoms. The summed E-state index contributed by atoms with van der Waals surface area (Å²) < 4.78 is 0. The first-order chi connectivity index (χ1) is 4.84. The molecule has 0 spiro atoms. The van der Waals surface area contributed by atoms with Gasteiger partial charge in [0.25, 0.3) is 0 Å². The molecular weight excluding hydrogens is 144 g/mol. The number of isothiocyanates is 1. The number of nitrogens with zero attached hydrogens (tertiary/aromatic N) is 2. The standard InChI is InChI=1S/C7H12N2S/c1-9(7-2-3-7)5-4-8-6-10/h7H,2-5H2,1H3. The molecule has 0 aromatic heterocycles. The molecule has 1 saturated carbocycles. The number of thiocarbonyl (C=S) groups is 1. The van der Waals surface area contributed by atoms with Gasteiger partial charge in [-0.1, -0.05) is 0 Å². The van der Waals surface area contributed by atoms with E-state index < -0.39 is 0 Å². The summed E-state index contributed by atoms with van der Waals surface area (Å²) in [5, 5.41) is 2.36. The maximum Gasteiger partial charge on any atom is 0.0620 e. The molecule has 0 N–H and O–H groups in total. The molecule has 1 rings (SSSR count). The Bertz CT molecular complexity index is 148. The van der Waals surface area contributed by atoms with Crippen molar-refractivity contribution < 1.29 is 0 Å². The molecule has 2 nitrogen and oxygen atoms in total. The van der Waals surface area contributed by atoms with Crippen LogP contribution in [0.1, 0.15) is 12.8 Å². The summed E-state index contributed by atoms with van der Waals surface area (Å²) in [5.74, 6) is 0. The minimum atomic E-state index is 0.802. The molecule has 3 heteroatoms. The Morgan fingerprint density at radius 2 is 2.40 bits per heavy atom. The highest BCUT2D eigenvalue weighted by atomic mass is 32.1. The van der Waals surface area contributed by atoms with E-state index in [1.807, 2.05) is 0 Å².